The van der Waals surface area contributed by atoms with E-state index in [1.54, 1.807) is 0 Å². The maximum atomic E-state index is 13.8. The number of hydrogen-bond donors (Lipinski definition) is 4. The number of carboxylic acids is 2. The molecule has 4 saturated carbocycles. The molecule has 4 aliphatic carbocycles. The standard InChI is InChI=1S/C30H48N2O8S/c1-17-9-11-23(25(13-17)29(35)36)27(33)31-19-5-3-7-21(15-19)41(39,40)22-8-4-6-20(16-22)32-28(34)24-12-10-18(2)14-26(24)30(37)38/h17-26H,3-16H2,1-2H3,(H,31,33)(H,32,34)(H,35,36)(H,37,38). The summed E-state index contributed by atoms with van der Waals surface area (Å²) in [6, 6.07) is -0.601. The number of nitrogens with one attached hydrogen (secondary N) is 2. The van der Waals surface area contributed by atoms with E-state index >= 15 is 0 Å². The Hall–Kier alpha value is -2.17. The van der Waals surface area contributed by atoms with E-state index in [-0.39, 0.29) is 35.7 Å². The van der Waals surface area contributed by atoms with Gasteiger partial charge in [-0.15, -0.1) is 0 Å². The summed E-state index contributed by atoms with van der Waals surface area (Å²) in [5, 5.41) is 24.2. The quantitative estimate of drug-likeness (QED) is 0.330. The zero-order valence-electron chi connectivity index (χ0n) is 24.4. The van der Waals surface area contributed by atoms with Gasteiger partial charge in [-0.2, -0.15) is 0 Å². The number of sulfone groups is 1. The monoisotopic (exact) mass is 596 g/mol. The van der Waals surface area contributed by atoms with Crippen LogP contribution in [-0.2, 0) is 29.0 Å². The molecule has 232 valence electrons. The molecule has 0 saturated heterocycles. The van der Waals surface area contributed by atoms with Crippen LogP contribution >= 0.6 is 0 Å². The molecular formula is C30H48N2O8S. The lowest BCUT2D eigenvalue weighted by molar-refractivity contribution is -0.150. The Balaban J connectivity index is 1.34. The van der Waals surface area contributed by atoms with E-state index in [1.807, 2.05) is 13.8 Å². The zero-order valence-corrected chi connectivity index (χ0v) is 25.2. The van der Waals surface area contributed by atoms with Crippen molar-refractivity contribution < 1.29 is 37.8 Å². The van der Waals surface area contributed by atoms with Crippen molar-refractivity contribution in [1.82, 2.24) is 10.6 Å². The molecule has 2 amide bonds. The van der Waals surface area contributed by atoms with Crippen LogP contribution in [0.1, 0.15) is 104 Å². The number of carbonyl (C=O) groups excluding carboxylic acids is 2. The first kappa shape index (κ1) is 31.8. The minimum atomic E-state index is -3.53. The van der Waals surface area contributed by atoms with Crippen LogP contribution in [0.5, 0.6) is 0 Å². The number of hydrogen-bond acceptors (Lipinski definition) is 6. The molecule has 4 fully saturated rings. The highest BCUT2D eigenvalue weighted by Gasteiger charge is 2.43. The molecule has 10 nitrogen and oxygen atoms in total. The van der Waals surface area contributed by atoms with E-state index in [4.69, 9.17) is 0 Å². The van der Waals surface area contributed by atoms with E-state index in [0.717, 1.165) is 12.8 Å². The lowest BCUT2D eigenvalue weighted by Crippen LogP contribution is -2.50. The zero-order chi connectivity index (χ0) is 29.9. The number of rotatable bonds is 8. The minimum absolute atomic E-state index is 0.262. The first-order valence-corrected chi connectivity index (χ1v) is 17.3. The fraction of sp³-hybridized carbons (Fsp3) is 0.867. The Morgan fingerprint density at radius 3 is 1.32 bits per heavy atom. The number of aliphatic carboxylic acids is 2. The van der Waals surface area contributed by atoms with Crippen LogP contribution in [0.15, 0.2) is 0 Å². The van der Waals surface area contributed by atoms with Gasteiger partial charge < -0.3 is 20.8 Å². The van der Waals surface area contributed by atoms with Crippen LogP contribution < -0.4 is 10.6 Å². The lowest BCUT2D eigenvalue weighted by Gasteiger charge is -2.37. The molecule has 0 aromatic rings. The number of carbonyl (C=O) groups is 4. The van der Waals surface area contributed by atoms with Crippen molar-refractivity contribution in [3.05, 3.63) is 0 Å². The molecule has 0 spiro atoms. The van der Waals surface area contributed by atoms with Gasteiger partial charge in [0.2, 0.25) is 11.8 Å². The highest BCUT2D eigenvalue weighted by molar-refractivity contribution is 7.92. The molecule has 41 heavy (non-hydrogen) atoms. The minimum Gasteiger partial charge on any atom is -0.481 e. The third-order valence-corrected chi connectivity index (χ3v) is 13.1. The highest BCUT2D eigenvalue weighted by Crippen LogP contribution is 2.37. The Morgan fingerprint density at radius 1 is 0.561 bits per heavy atom. The molecule has 0 aromatic heterocycles. The average Bonchev–Trinajstić information content (AvgIpc) is 2.93. The van der Waals surface area contributed by atoms with Gasteiger partial charge in [0, 0.05) is 12.1 Å². The summed E-state index contributed by atoms with van der Waals surface area (Å²) >= 11 is 0. The Kier molecular flexibility index (Phi) is 10.4. The van der Waals surface area contributed by atoms with Crippen molar-refractivity contribution in [1.29, 1.82) is 0 Å². The Bertz CT molecular complexity index is 1020. The Labute approximate surface area is 243 Å². The molecule has 0 aliphatic heterocycles. The maximum absolute atomic E-state index is 13.8. The normalized spacial score (nSPS) is 38.4. The Morgan fingerprint density at radius 2 is 0.951 bits per heavy atom. The second kappa shape index (κ2) is 13.4. The van der Waals surface area contributed by atoms with Gasteiger partial charge in [-0.3, -0.25) is 19.2 Å². The summed E-state index contributed by atoms with van der Waals surface area (Å²) in [5.74, 6) is -4.51. The van der Waals surface area contributed by atoms with E-state index in [9.17, 15) is 37.8 Å². The van der Waals surface area contributed by atoms with Gasteiger partial charge in [0.15, 0.2) is 9.84 Å². The summed E-state index contributed by atoms with van der Waals surface area (Å²) in [6.07, 6.45) is 8.01. The van der Waals surface area contributed by atoms with Crippen molar-refractivity contribution in [2.75, 3.05) is 0 Å². The fourth-order valence-electron chi connectivity index (χ4n) is 7.97. The van der Waals surface area contributed by atoms with Crippen molar-refractivity contribution in [2.24, 2.45) is 35.5 Å². The van der Waals surface area contributed by atoms with Crippen LogP contribution in [0, 0.1) is 35.5 Å². The third-order valence-electron chi connectivity index (χ3n) is 10.4. The SMILES string of the molecule is CC1CCC(C(=O)NC2CCCC(S(=O)(=O)C3CCCC(NC(=O)C4CCC(C)CC4C(=O)O)C3)C2)C(C(=O)O)C1. The molecule has 0 radical (unpaired) electrons. The molecule has 0 bridgehead atoms. The molecule has 10 unspecified atom stereocenters. The van der Waals surface area contributed by atoms with Crippen molar-refractivity contribution in [2.45, 2.75) is 126 Å². The van der Waals surface area contributed by atoms with E-state index in [1.165, 1.54) is 0 Å². The predicted molar refractivity (Wildman–Crippen MR) is 153 cm³/mol. The van der Waals surface area contributed by atoms with Gasteiger partial charge in [-0.25, -0.2) is 8.42 Å². The number of amides is 2. The second-order valence-electron chi connectivity index (χ2n) is 13.5. The topological polar surface area (TPSA) is 167 Å². The maximum Gasteiger partial charge on any atom is 0.307 e. The van der Waals surface area contributed by atoms with Gasteiger partial charge in [0.1, 0.15) is 0 Å². The van der Waals surface area contributed by atoms with Gasteiger partial charge >= 0.3 is 11.9 Å². The lowest BCUT2D eigenvalue weighted by atomic mass is 9.74. The van der Waals surface area contributed by atoms with Crippen LogP contribution in [0.25, 0.3) is 0 Å². The molecule has 4 aliphatic rings. The van der Waals surface area contributed by atoms with Crippen LogP contribution in [-0.4, -0.2) is 65.0 Å². The van der Waals surface area contributed by atoms with Crippen molar-refractivity contribution in [3.63, 3.8) is 0 Å². The smallest absolute Gasteiger partial charge is 0.307 e. The van der Waals surface area contributed by atoms with E-state index < -0.39 is 55.9 Å². The summed E-state index contributed by atoms with van der Waals surface area (Å²) in [7, 11) is -3.53. The molecule has 4 N–H and O–H groups in total. The van der Waals surface area contributed by atoms with Crippen LogP contribution in [0.4, 0.5) is 0 Å². The average molecular weight is 597 g/mol. The second-order valence-corrected chi connectivity index (χ2v) is 16.0. The molecule has 11 heteroatoms. The van der Waals surface area contributed by atoms with Crippen LogP contribution in [0.2, 0.25) is 0 Å². The van der Waals surface area contributed by atoms with Crippen molar-refractivity contribution in [3.8, 4) is 0 Å². The molecule has 4 rings (SSSR count). The molecular weight excluding hydrogens is 548 g/mol. The largest absolute Gasteiger partial charge is 0.481 e. The van der Waals surface area contributed by atoms with Gasteiger partial charge in [0.25, 0.3) is 0 Å². The van der Waals surface area contributed by atoms with Gasteiger partial charge in [0.05, 0.1) is 34.2 Å². The highest BCUT2D eigenvalue weighted by atomic mass is 32.2. The van der Waals surface area contributed by atoms with E-state index in [0.29, 0.717) is 77.0 Å². The third kappa shape index (κ3) is 7.62. The number of carboxylic acid groups (broad SMARTS) is 2. The summed E-state index contributed by atoms with van der Waals surface area (Å²) < 4.78 is 27.6. The molecule has 10 atom stereocenters. The van der Waals surface area contributed by atoms with Crippen molar-refractivity contribution >= 4 is 33.6 Å². The molecule has 0 heterocycles. The predicted octanol–water partition coefficient (Wildman–Crippen LogP) is 3.53. The summed E-state index contributed by atoms with van der Waals surface area (Å²) in [4.78, 5) is 49.8. The summed E-state index contributed by atoms with van der Waals surface area (Å²) in [6.45, 7) is 4.01. The van der Waals surface area contributed by atoms with E-state index in [2.05, 4.69) is 10.6 Å². The van der Waals surface area contributed by atoms with Crippen LogP contribution in [0.3, 0.4) is 0 Å². The summed E-state index contributed by atoms with van der Waals surface area (Å²) in [5.41, 5.74) is 0. The first-order valence-electron chi connectivity index (χ1n) is 15.7. The fourth-order valence-corrected chi connectivity index (χ4v) is 10.5. The first-order chi connectivity index (χ1) is 19.4. The van der Waals surface area contributed by atoms with Gasteiger partial charge in [-0.1, -0.05) is 26.7 Å². The van der Waals surface area contributed by atoms with Gasteiger partial charge in [-0.05, 0) is 88.9 Å². The molecule has 0 aromatic carbocycles.